The van der Waals surface area contributed by atoms with E-state index in [0.29, 0.717) is 29.9 Å². The second-order valence-electron chi connectivity index (χ2n) is 7.06. The number of anilines is 2. The van der Waals surface area contributed by atoms with E-state index in [-0.39, 0.29) is 11.8 Å². The SMILES string of the molecule is Cc1c(NC(=O)C2(C)CCN(C)C2=O)cccc1N1C(=O)NC(C)C1=O. The topological polar surface area (TPSA) is 98.8 Å². The van der Waals surface area contributed by atoms with Crippen LogP contribution in [0, 0.1) is 12.3 Å². The maximum Gasteiger partial charge on any atom is 0.329 e. The van der Waals surface area contributed by atoms with Crippen LogP contribution in [-0.2, 0) is 14.4 Å². The van der Waals surface area contributed by atoms with Crippen LogP contribution in [0.4, 0.5) is 16.2 Å². The molecule has 2 aliphatic rings. The fraction of sp³-hybridized carbons (Fsp3) is 0.444. The maximum atomic E-state index is 12.7. The molecule has 2 fully saturated rings. The molecule has 0 radical (unpaired) electrons. The molecule has 2 heterocycles. The molecule has 5 amide bonds. The normalized spacial score (nSPS) is 25.7. The number of benzene rings is 1. The molecule has 3 rings (SSSR count). The van der Waals surface area contributed by atoms with Crippen LogP contribution >= 0.6 is 0 Å². The van der Waals surface area contributed by atoms with Crippen molar-refractivity contribution in [3.05, 3.63) is 23.8 Å². The summed E-state index contributed by atoms with van der Waals surface area (Å²) in [4.78, 5) is 52.0. The number of rotatable bonds is 3. The predicted octanol–water partition coefficient (Wildman–Crippen LogP) is 1.25. The smallest absolute Gasteiger partial charge is 0.329 e. The molecule has 2 saturated heterocycles. The number of carbonyl (C=O) groups is 4. The third-order valence-corrected chi connectivity index (χ3v) is 5.20. The lowest BCUT2D eigenvalue weighted by Gasteiger charge is -2.23. The van der Waals surface area contributed by atoms with Crippen LogP contribution in [0.1, 0.15) is 25.8 Å². The van der Waals surface area contributed by atoms with Gasteiger partial charge in [0, 0.05) is 19.3 Å². The summed E-state index contributed by atoms with van der Waals surface area (Å²) in [5, 5.41) is 5.36. The van der Waals surface area contributed by atoms with Gasteiger partial charge in [0.2, 0.25) is 11.8 Å². The zero-order chi connectivity index (χ0) is 19.2. The quantitative estimate of drug-likeness (QED) is 0.627. The number of hydrogen-bond donors (Lipinski definition) is 2. The highest BCUT2D eigenvalue weighted by Crippen LogP contribution is 2.34. The summed E-state index contributed by atoms with van der Waals surface area (Å²) in [6.45, 7) is 5.50. The zero-order valence-electron chi connectivity index (χ0n) is 15.3. The second kappa shape index (κ2) is 6.12. The molecule has 2 aliphatic heterocycles. The summed E-state index contributed by atoms with van der Waals surface area (Å²) in [5.74, 6) is -0.953. The highest BCUT2D eigenvalue weighted by molar-refractivity contribution is 6.22. The second-order valence-corrected chi connectivity index (χ2v) is 7.06. The average Bonchev–Trinajstić information content (AvgIpc) is 3.00. The van der Waals surface area contributed by atoms with Crippen molar-refractivity contribution in [2.24, 2.45) is 5.41 Å². The molecule has 2 N–H and O–H groups in total. The molecular weight excluding hydrogens is 336 g/mol. The minimum atomic E-state index is -1.12. The van der Waals surface area contributed by atoms with Gasteiger partial charge in [-0.15, -0.1) is 0 Å². The molecule has 0 aliphatic carbocycles. The Morgan fingerprint density at radius 1 is 1.31 bits per heavy atom. The first-order valence-corrected chi connectivity index (χ1v) is 8.48. The first-order chi connectivity index (χ1) is 12.2. The summed E-state index contributed by atoms with van der Waals surface area (Å²) >= 11 is 0. The number of imide groups is 1. The third-order valence-electron chi connectivity index (χ3n) is 5.20. The molecule has 1 aromatic rings. The van der Waals surface area contributed by atoms with Gasteiger partial charge in [0.05, 0.1) is 5.69 Å². The Morgan fingerprint density at radius 3 is 2.54 bits per heavy atom. The number of nitrogens with one attached hydrogen (secondary N) is 2. The predicted molar refractivity (Wildman–Crippen MR) is 95.6 cm³/mol. The van der Waals surface area contributed by atoms with E-state index in [1.807, 2.05) is 0 Å². The number of likely N-dealkylation sites (tertiary alicyclic amines) is 1. The van der Waals surface area contributed by atoms with Gasteiger partial charge < -0.3 is 15.5 Å². The monoisotopic (exact) mass is 358 g/mol. The van der Waals surface area contributed by atoms with Crippen molar-refractivity contribution < 1.29 is 19.2 Å². The van der Waals surface area contributed by atoms with Crippen molar-refractivity contribution in [1.29, 1.82) is 0 Å². The minimum absolute atomic E-state index is 0.216. The Kier molecular flexibility index (Phi) is 4.21. The molecule has 1 aromatic carbocycles. The fourth-order valence-electron chi connectivity index (χ4n) is 3.33. The number of amides is 5. The lowest BCUT2D eigenvalue weighted by molar-refractivity contribution is -0.141. The van der Waals surface area contributed by atoms with E-state index in [9.17, 15) is 19.2 Å². The van der Waals surface area contributed by atoms with Crippen molar-refractivity contribution in [3.8, 4) is 0 Å². The van der Waals surface area contributed by atoms with Crippen molar-refractivity contribution in [2.75, 3.05) is 23.8 Å². The standard InChI is InChI=1S/C18H22N4O4/c1-10-12(20-15(24)18(3)8-9-21(4)16(18)25)6-5-7-13(10)22-14(23)11(2)19-17(22)26/h5-7,11H,8-9H2,1-4H3,(H,19,26)(H,20,24). The largest absolute Gasteiger partial charge is 0.345 e. The van der Waals surface area contributed by atoms with Crippen LogP contribution in [0.15, 0.2) is 18.2 Å². The van der Waals surface area contributed by atoms with Gasteiger partial charge in [-0.25, -0.2) is 9.69 Å². The van der Waals surface area contributed by atoms with Crippen LogP contribution in [0.25, 0.3) is 0 Å². The summed E-state index contributed by atoms with van der Waals surface area (Å²) in [6.07, 6.45) is 0.442. The molecular formula is C18H22N4O4. The van der Waals surface area contributed by atoms with E-state index in [0.717, 1.165) is 4.90 Å². The molecule has 8 heteroatoms. The molecule has 0 saturated carbocycles. The van der Waals surface area contributed by atoms with E-state index < -0.39 is 23.4 Å². The summed E-state index contributed by atoms with van der Waals surface area (Å²) < 4.78 is 0. The molecule has 2 unspecified atom stereocenters. The first kappa shape index (κ1) is 17.9. The number of carbonyl (C=O) groups excluding carboxylic acids is 4. The van der Waals surface area contributed by atoms with Gasteiger partial charge in [0.1, 0.15) is 11.5 Å². The first-order valence-electron chi connectivity index (χ1n) is 8.48. The molecule has 0 spiro atoms. The van der Waals surface area contributed by atoms with E-state index in [1.54, 1.807) is 46.0 Å². The van der Waals surface area contributed by atoms with Gasteiger partial charge in [-0.1, -0.05) is 6.07 Å². The number of hydrogen-bond acceptors (Lipinski definition) is 4. The Morgan fingerprint density at radius 2 is 2.00 bits per heavy atom. The number of urea groups is 1. The molecule has 8 nitrogen and oxygen atoms in total. The van der Waals surface area contributed by atoms with E-state index in [2.05, 4.69) is 10.6 Å². The fourth-order valence-corrected chi connectivity index (χ4v) is 3.33. The van der Waals surface area contributed by atoms with E-state index >= 15 is 0 Å². The highest BCUT2D eigenvalue weighted by atomic mass is 16.2. The summed E-state index contributed by atoms with van der Waals surface area (Å²) in [7, 11) is 1.67. The van der Waals surface area contributed by atoms with Crippen molar-refractivity contribution in [2.45, 2.75) is 33.2 Å². The zero-order valence-corrected chi connectivity index (χ0v) is 15.3. The highest BCUT2D eigenvalue weighted by Gasteiger charge is 2.47. The van der Waals surface area contributed by atoms with E-state index in [1.165, 1.54) is 4.90 Å². The van der Waals surface area contributed by atoms with Gasteiger partial charge >= 0.3 is 6.03 Å². The Balaban J connectivity index is 1.89. The Hall–Kier alpha value is -2.90. The van der Waals surface area contributed by atoms with Crippen LogP contribution in [-0.4, -0.2) is 48.3 Å². The molecule has 26 heavy (non-hydrogen) atoms. The van der Waals surface area contributed by atoms with Crippen LogP contribution < -0.4 is 15.5 Å². The van der Waals surface area contributed by atoms with Gasteiger partial charge in [-0.3, -0.25) is 14.4 Å². The van der Waals surface area contributed by atoms with Crippen molar-refractivity contribution in [1.82, 2.24) is 10.2 Å². The van der Waals surface area contributed by atoms with Gasteiger partial charge in [-0.2, -0.15) is 0 Å². The van der Waals surface area contributed by atoms with Crippen LogP contribution in [0.5, 0.6) is 0 Å². The van der Waals surface area contributed by atoms with E-state index in [4.69, 9.17) is 0 Å². The molecule has 138 valence electrons. The van der Waals surface area contributed by atoms with Crippen molar-refractivity contribution in [3.63, 3.8) is 0 Å². The number of nitrogens with zero attached hydrogens (tertiary/aromatic N) is 2. The van der Waals surface area contributed by atoms with Crippen LogP contribution in [0.2, 0.25) is 0 Å². The molecule has 0 aromatic heterocycles. The lowest BCUT2D eigenvalue weighted by Crippen LogP contribution is -2.40. The van der Waals surface area contributed by atoms with Crippen molar-refractivity contribution >= 4 is 35.1 Å². The summed E-state index contributed by atoms with van der Waals surface area (Å²) in [5.41, 5.74) is 0.346. The minimum Gasteiger partial charge on any atom is -0.345 e. The Labute approximate surface area is 151 Å². The van der Waals surface area contributed by atoms with Gasteiger partial charge in [-0.05, 0) is 44.9 Å². The third kappa shape index (κ3) is 2.61. The van der Waals surface area contributed by atoms with Gasteiger partial charge in [0.15, 0.2) is 0 Å². The average molecular weight is 358 g/mol. The Bertz CT molecular complexity index is 821. The van der Waals surface area contributed by atoms with Gasteiger partial charge in [0.25, 0.3) is 5.91 Å². The molecule has 0 bridgehead atoms. The maximum absolute atomic E-state index is 12.7. The van der Waals surface area contributed by atoms with Crippen LogP contribution in [0.3, 0.4) is 0 Å². The molecule has 2 atom stereocenters. The lowest BCUT2D eigenvalue weighted by atomic mass is 9.87. The summed E-state index contributed by atoms with van der Waals surface area (Å²) in [6, 6.07) is 3.91.